The van der Waals surface area contributed by atoms with Crippen LogP contribution in [-0.2, 0) is 6.54 Å². The molecule has 21 heavy (non-hydrogen) atoms. The minimum atomic E-state index is -0.0468. The molecule has 1 heterocycles. The predicted octanol–water partition coefficient (Wildman–Crippen LogP) is 3.07. The molecule has 0 fully saturated rings. The van der Waals surface area contributed by atoms with Gasteiger partial charge in [0.2, 0.25) is 0 Å². The van der Waals surface area contributed by atoms with E-state index in [1.165, 1.54) is 0 Å². The zero-order chi connectivity index (χ0) is 14.8. The maximum absolute atomic E-state index is 12.7. The number of nitrogen functional groups attached to an aromatic ring is 1. The van der Waals surface area contributed by atoms with E-state index in [1.807, 2.05) is 24.3 Å². The van der Waals surface area contributed by atoms with Gasteiger partial charge in [0.05, 0.1) is 16.6 Å². The van der Waals surface area contributed by atoms with E-state index < -0.39 is 0 Å². The summed E-state index contributed by atoms with van der Waals surface area (Å²) in [4.78, 5) is 14.5. The number of nitrogens with two attached hydrogens (primary N) is 1. The minimum Gasteiger partial charge on any atom is -0.491 e. The third-order valence-electron chi connectivity index (χ3n) is 3.50. The molecule has 3 rings (SSSR count). The first kappa shape index (κ1) is 13.9. The number of carbonyl (C=O) groups is 1. The van der Waals surface area contributed by atoms with Gasteiger partial charge in [0, 0.05) is 17.8 Å². The van der Waals surface area contributed by atoms with E-state index >= 15 is 0 Å². The fourth-order valence-electron chi connectivity index (χ4n) is 2.38. The molecule has 2 N–H and O–H groups in total. The Morgan fingerprint density at radius 2 is 2.00 bits per heavy atom. The zero-order valence-corrected chi connectivity index (χ0v) is 13.0. The van der Waals surface area contributed by atoms with Crippen molar-refractivity contribution < 1.29 is 9.53 Å². The van der Waals surface area contributed by atoms with Crippen LogP contribution in [0.3, 0.4) is 0 Å². The van der Waals surface area contributed by atoms with Crippen molar-refractivity contribution in [1.82, 2.24) is 4.90 Å². The minimum absolute atomic E-state index is 0.0468. The number of halogens is 1. The van der Waals surface area contributed by atoms with E-state index in [2.05, 4.69) is 15.9 Å². The first-order chi connectivity index (χ1) is 10.2. The molecule has 5 heteroatoms. The van der Waals surface area contributed by atoms with E-state index in [0.717, 1.165) is 11.3 Å². The van der Waals surface area contributed by atoms with Gasteiger partial charge in [0.1, 0.15) is 12.4 Å². The summed E-state index contributed by atoms with van der Waals surface area (Å²) >= 11 is 3.39. The van der Waals surface area contributed by atoms with Crippen LogP contribution in [0.1, 0.15) is 15.9 Å². The van der Waals surface area contributed by atoms with Gasteiger partial charge >= 0.3 is 0 Å². The van der Waals surface area contributed by atoms with E-state index in [9.17, 15) is 4.79 Å². The fraction of sp³-hybridized carbons (Fsp3) is 0.188. The largest absolute Gasteiger partial charge is 0.491 e. The first-order valence-electron chi connectivity index (χ1n) is 6.71. The Bertz CT molecular complexity index is 688. The summed E-state index contributed by atoms with van der Waals surface area (Å²) in [6, 6.07) is 13.1. The summed E-state index contributed by atoms with van der Waals surface area (Å²) in [5, 5.41) is 0. The molecule has 2 aromatic rings. The van der Waals surface area contributed by atoms with Crippen molar-refractivity contribution in [2.24, 2.45) is 0 Å². The number of fused-ring (bicyclic) bond motifs is 1. The third kappa shape index (κ3) is 2.74. The van der Waals surface area contributed by atoms with Crippen LogP contribution in [0.15, 0.2) is 46.9 Å². The van der Waals surface area contributed by atoms with Gasteiger partial charge < -0.3 is 15.4 Å². The van der Waals surface area contributed by atoms with Crippen molar-refractivity contribution in [2.45, 2.75) is 6.54 Å². The van der Waals surface area contributed by atoms with Crippen molar-refractivity contribution in [3.8, 4) is 5.75 Å². The second-order valence-electron chi connectivity index (χ2n) is 4.89. The van der Waals surface area contributed by atoms with Crippen LogP contribution in [0.5, 0.6) is 5.75 Å². The third-order valence-corrected chi connectivity index (χ3v) is 4.38. The number of benzene rings is 2. The molecular weight excluding hydrogens is 332 g/mol. The van der Waals surface area contributed by atoms with Crippen LogP contribution in [0.25, 0.3) is 0 Å². The standard InChI is InChI=1S/C16H15BrN2O2/c17-15-12(5-3-6-13(15)18)16(20)19-8-9-21-14-7-2-1-4-11(14)10-19/h1-7H,8-10,18H2. The second kappa shape index (κ2) is 5.77. The predicted molar refractivity (Wildman–Crippen MR) is 85.2 cm³/mol. The molecule has 2 aromatic carbocycles. The highest BCUT2D eigenvalue weighted by atomic mass is 79.9. The Morgan fingerprint density at radius 3 is 2.86 bits per heavy atom. The number of amides is 1. The van der Waals surface area contributed by atoms with Gasteiger partial charge in [-0.1, -0.05) is 24.3 Å². The van der Waals surface area contributed by atoms with Gasteiger partial charge in [-0.2, -0.15) is 0 Å². The van der Waals surface area contributed by atoms with E-state index in [4.69, 9.17) is 10.5 Å². The van der Waals surface area contributed by atoms with Crippen LogP contribution in [-0.4, -0.2) is 24.0 Å². The Balaban J connectivity index is 1.90. The highest BCUT2D eigenvalue weighted by Gasteiger charge is 2.22. The number of para-hydroxylation sites is 1. The van der Waals surface area contributed by atoms with Gasteiger partial charge in [-0.05, 0) is 34.1 Å². The van der Waals surface area contributed by atoms with Crippen molar-refractivity contribution in [2.75, 3.05) is 18.9 Å². The molecule has 0 saturated heterocycles. The molecule has 0 aromatic heterocycles. The number of hydrogen-bond acceptors (Lipinski definition) is 3. The van der Waals surface area contributed by atoms with Gasteiger partial charge in [-0.3, -0.25) is 4.79 Å². The molecule has 0 bridgehead atoms. The summed E-state index contributed by atoms with van der Waals surface area (Å²) in [6.07, 6.45) is 0. The van der Waals surface area contributed by atoms with E-state index in [0.29, 0.717) is 35.4 Å². The van der Waals surface area contributed by atoms with Gasteiger partial charge in [0.15, 0.2) is 0 Å². The lowest BCUT2D eigenvalue weighted by Crippen LogP contribution is -2.32. The summed E-state index contributed by atoms with van der Waals surface area (Å²) in [6.45, 7) is 1.58. The SMILES string of the molecule is Nc1cccc(C(=O)N2CCOc3ccccc3C2)c1Br. The Hall–Kier alpha value is -2.01. The highest BCUT2D eigenvalue weighted by Crippen LogP contribution is 2.27. The molecular formula is C16H15BrN2O2. The number of rotatable bonds is 1. The molecule has 0 saturated carbocycles. The average molecular weight is 347 g/mol. The van der Waals surface area contributed by atoms with E-state index in [1.54, 1.807) is 23.1 Å². The van der Waals surface area contributed by atoms with Crippen LogP contribution in [0.2, 0.25) is 0 Å². The van der Waals surface area contributed by atoms with E-state index in [-0.39, 0.29) is 5.91 Å². The number of nitrogens with zero attached hydrogens (tertiary/aromatic N) is 1. The topological polar surface area (TPSA) is 55.6 Å². The van der Waals surface area contributed by atoms with Crippen LogP contribution in [0, 0.1) is 0 Å². The number of carbonyl (C=O) groups excluding carboxylic acids is 1. The Morgan fingerprint density at radius 1 is 1.19 bits per heavy atom. The molecule has 108 valence electrons. The number of hydrogen-bond donors (Lipinski definition) is 1. The summed E-state index contributed by atoms with van der Waals surface area (Å²) in [5.41, 5.74) is 8.01. The molecule has 1 amide bonds. The maximum atomic E-state index is 12.7. The lowest BCUT2D eigenvalue weighted by Gasteiger charge is -2.20. The fourth-order valence-corrected chi connectivity index (χ4v) is 2.82. The highest BCUT2D eigenvalue weighted by molar-refractivity contribution is 9.10. The van der Waals surface area contributed by atoms with Crippen molar-refractivity contribution >= 4 is 27.5 Å². The van der Waals surface area contributed by atoms with Gasteiger partial charge in [0.25, 0.3) is 5.91 Å². The van der Waals surface area contributed by atoms with Crippen LogP contribution < -0.4 is 10.5 Å². The van der Waals surface area contributed by atoms with Crippen LogP contribution in [0.4, 0.5) is 5.69 Å². The average Bonchev–Trinajstić information content (AvgIpc) is 2.71. The van der Waals surface area contributed by atoms with Crippen molar-refractivity contribution in [3.63, 3.8) is 0 Å². The normalized spacial score (nSPS) is 14.0. The van der Waals surface area contributed by atoms with Crippen molar-refractivity contribution in [1.29, 1.82) is 0 Å². The number of ether oxygens (including phenoxy) is 1. The molecule has 0 radical (unpaired) electrons. The second-order valence-corrected chi connectivity index (χ2v) is 5.68. The molecule has 0 atom stereocenters. The summed E-state index contributed by atoms with van der Waals surface area (Å²) < 4.78 is 6.34. The molecule has 4 nitrogen and oxygen atoms in total. The molecule has 0 unspecified atom stereocenters. The first-order valence-corrected chi connectivity index (χ1v) is 7.50. The van der Waals surface area contributed by atoms with Crippen LogP contribution >= 0.6 is 15.9 Å². The Kier molecular flexibility index (Phi) is 3.84. The molecule has 0 spiro atoms. The summed E-state index contributed by atoms with van der Waals surface area (Å²) in [5.74, 6) is 0.800. The smallest absolute Gasteiger partial charge is 0.255 e. The molecule has 1 aliphatic heterocycles. The molecule has 0 aliphatic carbocycles. The monoisotopic (exact) mass is 346 g/mol. The number of anilines is 1. The zero-order valence-electron chi connectivity index (χ0n) is 11.4. The Labute approximate surface area is 131 Å². The quantitative estimate of drug-likeness (QED) is 0.807. The maximum Gasteiger partial charge on any atom is 0.255 e. The van der Waals surface area contributed by atoms with Gasteiger partial charge in [-0.25, -0.2) is 0 Å². The molecule has 1 aliphatic rings. The van der Waals surface area contributed by atoms with Crippen molar-refractivity contribution in [3.05, 3.63) is 58.1 Å². The lowest BCUT2D eigenvalue weighted by atomic mass is 10.1. The lowest BCUT2D eigenvalue weighted by molar-refractivity contribution is 0.0732. The van der Waals surface area contributed by atoms with Gasteiger partial charge in [-0.15, -0.1) is 0 Å². The summed E-state index contributed by atoms with van der Waals surface area (Å²) in [7, 11) is 0.